The number of nitrogens with one attached hydrogen (secondary N) is 1. The molecule has 0 radical (unpaired) electrons. The van der Waals surface area contributed by atoms with E-state index in [0.717, 1.165) is 11.1 Å². The van der Waals surface area contributed by atoms with Crippen molar-refractivity contribution in [2.45, 2.75) is 13.0 Å². The summed E-state index contributed by atoms with van der Waals surface area (Å²) in [7, 11) is 1.80. The quantitative estimate of drug-likeness (QED) is 0.751. The van der Waals surface area contributed by atoms with Crippen LogP contribution in [0.15, 0.2) is 18.2 Å². The molecule has 3 nitrogen and oxygen atoms in total. The van der Waals surface area contributed by atoms with Crippen LogP contribution >= 0.6 is 0 Å². The molecule has 3 heteroatoms. The number of rotatable bonds is 3. The second-order valence-electron chi connectivity index (χ2n) is 3.21. The van der Waals surface area contributed by atoms with Crippen molar-refractivity contribution in [3.05, 3.63) is 34.9 Å². The number of nitriles is 1. The zero-order chi connectivity index (χ0) is 10.6. The molecule has 0 aromatic heterocycles. The number of aliphatic hydroxyl groups is 1. The number of hydrogen-bond donors (Lipinski definition) is 2. The van der Waals surface area contributed by atoms with Crippen LogP contribution in [0.2, 0.25) is 0 Å². The number of aliphatic hydroxyl groups excluding tert-OH is 1. The molecule has 0 bridgehead atoms. The molecule has 0 aliphatic rings. The molecule has 1 aromatic carbocycles. The highest BCUT2D eigenvalue weighted by molar-refractivity contribution is 5.40. The van der Waals surface area contributed by atoms with Gasteiger partial charge >= 0.3 is 0 Å². The van der Waals surface area contributed by atoms with Crippen molar-refractivity contribution in [3.63, 3.8) is 0 Å². The predicted molar refractivity (Wildman–Crippen MR) is 54.8 cm³/mol. The first-order valence-corrected chi connectivity index (χ1v) is 4.51. The third kappa shape index (κ3) is 2.11. The van der Waals surface area contributed by atoms with Gasteiger partial charge in [0.05, 0.1) is 24.3 Å². The number of aryl methyl sites for hydroxylation is 1. The van der Waals surface area contributed by atoms with Gasteiger partial charge in [-0.05, 0) is 31.2 Å². The molecular weight excluding hydrogens is 176 g/mol. The van der Waals surface area contributed by atoms with E-state index in [9.17, 15) is 0 Å². The van der Waals surface area contributed by atoms with Gasteiger partial charge in [-0.2, -0.15) is 5.26 Å². The Balaban J connectivity index is 3.02. The Kier molecular flexibility index (Phi) is 3.63. The standard InChI is InChI=1S/C11H14N2O/c1-8-5-9(11(7-14)13-2)3-4-10(8)6-12/h3-5,11,13-14H,7H2,1-2H3. The van der Waals surface area contributed by atoms with Gasteiger partial charge in [0.15, 0.2) is 0 Å². The van der Waals surface area contributed by atoms with Crippen molar-refractivity contribution in [2.75, 3.05) is 13.7 Å². The summed E-state index contributed by atoms with van der Waals surface area (Å²) < 4.78 is 0. The van der Waals surface area contributed by atoms with E-state index in [4.69, 9.17) is 10.4 Å². The summed E-state index contributed by atoms with van der Waals surface area (Å²) in [6.07, 6.45) is 0. The van der Waals surface area contributed by atoms with Crippen molar-refractivity contribution in [1.29, 1.82) is 5.26 Å². The zero-order valence-electron chi connectivity index (χ0n) is 8.41. The Morgan fingerprint density at radius 1 is 1.57 bits per heavy atom. The monoisotopic (exact) mass is 190 g/mol. The van der Waals surface area contributed by atoms with E-state index in [0.29, 0.717) is 5.56 Å². The highest BCUT2D eigenvalue weighted by Crippen LogP contribution is 2.16. The Bertz CT molecular complexity index is 351. The van der Waals surface area contributed by atoms with Crippen LogP contribution in [-0.2, 0) is 0 Å². The molecule has 0 heterocycles. The van der Waals surface area contributed by atoms with Crippen molar-refractivity contribution in [2.24, 2.45) is 0 Å². The van der Waals surface area contributed by atoms with Crippen LogP contribution in [0, 0.1) is 18.3 Å². The van der Waals surface area contributed by atoms with Crippen LogP contribution in [-0.4, -0.2) is 18.8 Å². The molecular formula is C11H14N2O. The van der Waals surface area contributed by atoms with Crippen LogP contribution < -0.4 is 5.32 Å². The third-order valence-corrected chi connectivity index (χ3v) is 2.30. The average Bonchev–Trinajstić information content (AvgIpc) is 2.20. The second-order valence-corrected chi connectivity index (χ2v) is 3.21. The maximum atomic E-state index is 9.07. The Morgan fingerprint density at radius 3 is 2.71 bits per heavy atom. The van der Waals surface area contributed by atoms with Gasteiger partial charge in [0.25, 0.3) is 0 Å². The highest BCUT2D eigenvalue weighted by atomic mass is 16.3. The summed E-state index contributed by atoms with van der Waals surface area (Å²) >= 11 is 0. The molecule has 1 unspecified atom stereocenters. The minimum absolute atomic E-state index is 0.0542. The summed E-state index contributed by atoms with van der Waals surface area (Å²) in [5.41, 5.74) is 2.63. The largest absolute Gasteiger partial charge is 0.394 e. The molecule has 0 saturated carbocycles. The lowest BCUT2D eigenvalue weighted by Crippen LogP contribution is -2.19. The number of benzene rings is 1. The van der Waals surface area contributed by atoms with E-state index in [1.807, 2.05) is 19.1 Å². The van der Waals surface area contributed by atoms with E-state index in [-0.39, 0.29) is 12.6 Å². The molecule has 74 valence electrons. The van der Waals surface area contributed by atoms with Crippen molar-refractivity contribution >= 4 is 0 Å². The maximum Gasteiger partial charge on any atom is 0.0994 e. The summed E-state index contributed by atoms with van der Waals surface area (Å²) in [6, 6.07) is 7.63. The average molecular weight is 190 g/mol. The summed E-state index contributed by atoms with van der Waals surface area (Å²) in [5.74, 6) is 0. The molecule has 0 spiro atoms. The fourth-order valence-electron chi connectivity index (χ4n) is 1.39. The molecule has 0 fully saturated rings. The van der Waals surface area contributed by atoms with Gasteiger partial charge in [0.2, 0.25) is 0 Å². The molecule has 2 N–H and O–H groups in total. The number of likely N-dealkylation sites (N-methyl/N-ethyl adjacent to an activating group) is 1. The first-order valence-electron chi connectivity index (χ1n) is 4.51. The molecule has 1 rings (SSSR count). The summed E-state index contributed by atoms with van der Waals surface area (Å²) in [4.78, 5) is 0. The maximum absolute atomic E-state index is 9.07. The third-order valence-electron chi connectivity index (χ3n) is 2.30. The topological polar surface area (TPSA) is 56.0 Å². The van der Waals surface area contributed by atoms with Crippen LogP contribution in [0.3, 0.4) is 0 Å². The van der Waals surface area contributed by atoms with Crippen molar-refractivity contribution in [1.82, 2.24) is 5.32 Å². The minimum Gasteiger partial charge on any atom is -0.394 e. The van der Waals surface area contributed by atoms with E-state index >= 15 is 0 Å². The minimum atomic E-state index is -0.0542. The van der Waals surface area contributed by atoms with Gasteiger partial charge in [-0.25, -0.2) is 0 Å². The van der Waals surface area contributed by atoms with Gasteiger partial charge in [-0.1, -0.05) is 12.1 Å². The van der Waals surface area contributed by atoms with Gasteiger partial charge in [0.1, 0.15) is 0 Å². The van der Waals surface area contributed by atoms with Gasteiger partial charge < -0.3 is 10.4 Å². The lowest BCUT2D eigenvalue weighted by molar-refractivity contribution is 0.251. The highest BCUT2D eigenvalue weighted by Gasteiger charge is 2.08. The molecule has 0 amide bonds. The first-order chi connectivity index (χ1) is 6.72. The van der Waals surface area contributed by atoms with Gasteiger partial charge in [-0.3, -0.25) is 0 Å². The lowest BCUT2D eigenvalue weighted by atomic mass is 10.0. The SMILES string of the molecule is CNC(CO)c1ccc(C#N)c(C)c1. The molecule has 14 heavy (non-hydrogen) atoms. The van der Waals surface area contributed by atoms with Crippen LogP contribution in [0.4, 0.5) is 0 Å². The Hall–Kier alpha value is -1.37. The summed E-state index contributed by atoms with van der Waals surface area (Å²) in [5, 5.41) is 20.8. The normalized spacial score (nSPS) is 12.1. The second kappa shape index (κ2) is 4.75. The van der Waals surface area contributed by atoms with E-state index in [1.54, 1.807) is 13.1 Å². The Morgan fingerprint density at radius 2 is 2.29 bits per heavy atom. The fourth-order valence-corrected chi connectivity index (χ4v) is 1.39. The molecule has 1 aromatic rings. The molecule has 1 atom stereocenters. The van der Waals surface area contributed by atoms with Gasteiger partial charge in [0, 0.05) is 0 Å². The van der Waals surface area contributed by atoms with Crippen LogP contribution in [0.25, 0.3) is 0 Å². The molecule has 0 saturated heterocycles. The predicted octanol–water partition coefficient (Wildman–Crippen LogP) is 1.12. The van der Waals surface area contributed by atoms with Crippen molar-refractivity contribution < 1.29 is 5.11 Å². The fraction of sp³-hybridized carbons (Fsp3) is 0.364. The van der Waals surface area contributed by atoms with Gasteiger partial charge in [-0.15, -0.1) is 0 Å². The van der Waals surface area contributed by atoms with E-state index in [1.165, 1.54) is 0 Å². The van der Waals surface area contributed by atoms with Crippen LogP contribution in [0.1, 0.15) is 22.7 Å². The smallest absolute Gasteiger partial charge is 0.0994 e. The number of hydrogen-bond acceptors (Lipinski definition) is 3. The zero-order valence-corrected chi connectivity index (χ0v) is 8.41. The number of nitrogens with zero attached hydrogens (tertiary/aromatic N) is 1. The van der Waals surface area contributed by atoms with Crippen molar-refractivity contribution in [3.8, 4) is 6.07 Å². The van der Waals surface area contributed by atoms with Crippen LogP contribution in [0.5, 0.6) is 0 Å². The lowest BCUT2D eigenvalue weighted by Gasteiger charge is -2.14. The van der Waals surface area contributed by atoms with E-state index in [2.05, 4.69) is 11.4 Å². The van der Waals surface area contributed by atoms with E-state index < -0.39 is 0 Å². The molecule has 0 aliphatic heterocycles. The first kappa shape index (κ1) is 10.7. The summed E-state index contributed by atoms with van der Waals surface area (Å²) in [6.45, 7) is 1.95. The molecule has 0 aliphatic carbocycles. The Labute approximate surface area is 84.0 Å².